The third-order valence-electron chi connectivity index (χ3n) is 5.09. The quantitative estimate of drug-likeness (QED) is 0.577. The minimum Gasteiger partial charge on any atom is -0.341 e. The van der Waals surface area contributed by atoms with Crippen LogP contribution in [0.4, 0.5) is 10.3 Å². The molecule has 1 aromatic carbocycles. The fourth-order valence-electron chi connectivity index (χ4n) is 3.49. The lowest BCUT2D eigenvalue weighted by atomic mass is 10.1. The van der Waals surface area contributed by atoms with Gasteiger partial charge in [-0.3, -0.25) is 4.57 Å². The maximum atomic E-state index is 13.1. The molecule has 28 heavy (non-hydrogen) atoms. The third-order valence-corrected chi connectivity index (χ3v) is 6.02. The summed E-state index contributed by atoms with van der Waals surface area (Å²) in [5.74, 6) is 2.23. The normalized spacial score (nSPS) is 17.2. The van der Waals surface area contributed by atoms with Crippen molar-refractivity contribution in [1.29, 1.82) is 0 Å². The smallest absolute Gasteiger partial charge is 0.237 e. The molecule has 0 spiro atoms. The zero-order chi connectivity index (χ0) is 18.9. The highest BCUT2D eigenvalue weighted by atomic mass is 32.2. The van der Waals surface area contributed by atoms with Gasteiger partial charge >= 0.3 is 0 Å². The Morgan fingerprint density at radius 3 is 2.61 bits per heavy atom. The molecule has 3 aromatic rings. The van der Waals surface area contributed by atoms with Crippen molar-refractivity contribution in [2.24, 2.45) is 0 Å². The number of anilines is 1. The Kier molecular flexibility index (Phi) is 4.76. The second-order valence-electron chi connectivity index (χ2n) is 7.24. The Hall–Kier alpha value is -2.42. The van der Waals surface area contributed by atoms with E-state index in [-0.39, 0.29) is 5.82 Å². The van der Waals surface area contributed by atoms with E-state index in [4.69, 9.17) is 4.52 Å². The Morgan fingerprint density at radius 2 is 1.86 bits per heavy atom. The molecular formula is C19H21FN6OS. The molecule has 146 valence electrons. The summed E-state index contributed by atoms with van der Waals surface area (Å²) in [7, 11) is 0. The molecule has 0 amide bonds. The van der Waals surface area contributed by atoms with Gasteiger partial charge in [-0.25, -0.2) is 4.39 Å². The summed E-state index contributed by atoms with van der Waals surface area (Å²) in [5, 5.41) is 13.8. The van der Waals surface area contributed by atoms with E-state index in [0.717, 1.165) is 29.8 Å². The van der Waals surface area contributed by atoms with Crippen LogP contribution < -0.4 is 4.90 Å². The number of thioether (sulfide) groups is 1. The number of piperidine rings is 1. The van der Waals surface area contributed by atoms with Gasteiger partial charge in [-0.05, 0) is 56.4 Å². The van der Waals surface area contributed by atoms with Crippen LogP contribution in [-0.4, -0.2) is 38.0 Å². The first kappa shape index (κ1) is 17.7. The molecule has 7 nitrogen and oxygen atoms in total. The molecule has 2 aromatic heterocycles. The van der Waals surface area contributed by atoms with Gasteiger partial charge in [-0.1, -0.05) is 16.9 Å². The maximum absolute atomic E-state index is 13.1. The monoisotopic (exact) mass is 400 g/mol. The predicted molar refractivity (Wildman–Crippen MR) is 104 cm³/mol. The molecule has 0 N–H and O–H groups in total. The number of aromatic nitrogens is 5. The number of hydrogen-bond donors (Lipinski definition) is 0. The van der Waals surface area contributed by atoms with Crippen LogP contribution in [0, 0.1) is 5.82 Å². The van der Waals surface area contributed by atoms with E-state index in [2.05, 4.69) is 29.8 Å². The highest BCUT2D eigenvalue weighted by Gasteiger charge is 2.32. The first-order valence-corrected chi connectivity index (χ1v) is 10.7. The predicted octanol–water partition coefficient (Wildman–Crippen LogP) is 4.08. The van der Waals surface area contributed by atoms with Crippen molar-refractivity contribution in [3.05, 3.63) is 36.0 Å². The van der Waals surface area contributed by atoms with Crippen molar-refractivity contribution < 1.29 is 8.91 Å². The van der Waals surface area contributed by atoms with Crippen LogP contribution in [0.5, 0.6) is 0 Å². The standard InChI is InChI=1S/C19H21FN6OS/c20-14-6-4-13(5-7-14)17-21-16(27-24-17)12-28-19-23-22-18(26(19)15-8-9-15)25-10-2-1-3-11-25/h4-7,15H,1-3,8-12H2. The van der Waals surface area contributed by atoms with Gasteiger partial charge in [0.1, 0.15) is 5.82 Å². The van der Waals surface area contributed by atoms with E-state index in [1.54, 1.807) is 23.9 Å². The maximum Gasteiger partial charge on any atom is 0.237 e. The Morgan fingerprint density at radius 1 is 1.07 bits per heavy atom. The van der Waals surface area contributed by atoms with Crippen LogP contribution in [0.2, 0.25) is 0 Å². The number of rotatable bonds is 6. The van der Waals surface area contributed by atoms with Crippen molar-refractivity contribution in [2.75, 3.05) is 18.0 Å². The molecule has 0 atom stereocenters. The first-order valence-electron chi connectivity index (χ1n) is 9.69. The van der Waals surface area contributed by atoms with E-state index >= 15 is 0 Å². The Balaban J connectivity index is 1.30. The number of halogens is 1. The second kappa shape index (κ2) is 7.54. The van der Waals surface area contributed by atoms with Gasteiger partial charge in [0.2, 0.25) is 17.7 Å². The van der Waals surface area contributed by atoms with Crippen LogP contribution >= 0.6 is 11.8 Å². The second-order valence-corrected chi connectivity index (χ2v) is 8.18. The van der Waals surface area contributed by atoms with Gasteiger partial charge in [-0.15, -0.1) is 10.2 Å². The minimum atomic E-state index is -0.285. The SMILES string of the molecule is Fc1ccc(-c2noc(CSc3nnc(N4CCCCC4)n3C3CC3)n2)cc1. The van der Waals surface area contributed by atoms with Crippen LogP contribution in [0.1, 0.15) is 44.0 Å². The van der Waals surface area contributed by atoms with Gasteiger partial charge in [-0.2, -0.15) is 4.98 Å². The van der Waals surface area contributed by atoms with Gasteiger partial charge in [0, 0.05) is 24.7 Å². The average molecular weight is 400 g/mol. The van der Waals surface area contributed by atoms with Gasteiger partial charge < -0.3 is 9.42 Å². The molecule has 1 saturated carbocycles. The molecule has 2 fully saturated rings. The van der Waals surface area contributed by atoms with Gasteiger partial charge in [0.15, 0.2) is 5.16 Å². The summed E-state index contributed by atoms with van der Waals surface area (Å²) >= 11 is 1.57. The van der Waals surface area contributed by atoms with E-state index in [1.165, 1.54) is 44.2 Å². The molecule has 5 rings (SSSR count). The highest BCUT2D eigenvalue weighted by Crippen LogP contribution is 2.41. The highest BCUT2D eigenvalue weighted by molar-refractivity contribution is 7.98. The Labute approximate surface area is 166 Å². The van der Waals surface area contributed by atoms with E-state index in [9.17, 15) is 4.39 Å². The van der Waals surface area contributed by atoms with Gasteiger partial charge in [0.05, 0.1) is 5.75 Å². The zero-order valence-corrected chi connectivity index (χ0v) is 16.2. The Bertz CT molecular complexity index is 946. The van der Waals surface area contributed by atoms with Crippen molar-refractivity contribution >= 4 is 17.7 Å². The van der Waals surface area contributed by atoms with E-state index in [1.807, 2.05) is 0 Å². The molecule has 1 saturated heterocycles. The van der Waals surface area contributed by atoms with Crippen molar-refractivity contribution in [3.63, 3.8) is 0 Å². The van der Waals surface area contributed by atoms with Crippen molar-refractivity contribution in [1.82, 2.24) is 24.9 Å². The number of nitrogens with zero attached hydrogens (tertiary/aromatic N) is 6. The van der Waals surface area contributed by atoms with Crippen LogP contribution in [0.3, 0.4) is 0 Å². The molecule has 0 bridgehead atoms. The molecule has 1 aliphatic heterocycles. The summed E-state index contributed by atoms with van der Waals surface area (Å²) in [6.07, 6.45) is 6.09. The van der Waals surface area contributed by atoms with Crippen molar-refractivity contribution in [3.8, 4) is 11.4 Å². The van der Waals surface area contributed by atoms with E-state index < -0.39 is 0 Å². The lowest BCUT2D eigenvalue weighted by Gasteiger charge is -2.27. The first-order chi connectivity index (χ1) is 13.8. The molecule has 9 heteroatoms. The average Bonchev–Trinajstić information content (AvgIpc) is 3.30. The van der Waals surface area contributed by atoms with Crippen LogP contribution in [-0.2, 0) is 5.75 Å². The lowest BCUT2D eigenvalue weighted by Crippen LogP contribution is -2.31. The summed E-state index contributed by atoms with van der Waals surface area (Å²) in [6, 6.07) is 6.57. The summed E-state index contributed by atoms with van der Waals surface area (Å²) in [4.78, 5) is 6.78. The topological polar surface area (TPSA) is 72.9 Å². The molecule has 1 aliphatic carbocycles. The number of benzene rings is 1. The molecule has 2 aliphatic rings. The molecule has 3 heterocycles. The van der Waals surface area contributed by atoms with Crippen LogP contribution in [0.15, 0.2) is 33.9 Å². The molecular weight excluding hydrogens is 379 g/mol. The largest absolute Gasteiger partial charge is 0.341 e. The molecule has 0 radical (unpaired) electrons. The van der Waals surface area contributed by atoms with E-state index in [0.29, 0.717) is 23.5 Å². The van der Waals surface area contributed by atoms with Crippen LogP contribution in [0.25, 0.3) is 11.4 Å². The van der Waals surface area contributed by atoms with Gasteiger partial charge in [0.25, 0.3) is 0 Å². The zero-order valence-electron chi connectivity index (χ0n) is 15.4. The third kappa shape index (κ3) is 3.63. The fourth-order valence-corrected chi connectivity index (χ4v) is 4.32. The summed E-state index contributed by atoms with van der Waals surface area (Å²) in [6.45, 7) is 2.11. The molecule has 0 unspecified atom stereocenters. The lowest BCUT2D eigenvalue weighted by molar-refractivity contribution is 0.391. The van der Waals surface area contributed by atoms with Crippen molar-refractivity contribution in [2.45, 2.75) is 49.1 Å². The number of hydrogen-bond acceptors (Lipinski definition) is 7. The minimum absolute atomic E-state index is 0.285. The fraction of sp³-hybridized carbons (Fsp3) is 0.474. The summed E-state index contributed by atoms with van der Waals surface area (Å²) in [5.41, 5.74) is 0.731. The summed E-state index contributed by atoms with van der Waals surface area (Å²) < 4.78 is 20.7.